The molecule has 0 aliphatic heterocycles. The van der Waals surface area contributed by atoms with E-state index in [-0.39, 0.29) is 17.5 Å². The van der Waals surface area contributed by atoms with Gasteiger partial charge in [0, 0.05) is 0 Å². The molecule has 1 aliphatic rings. The van der Waals surface area contributed by atoms with Crippen LogP contribution >= 0.6 is 0 Å². The molecule has 1 saturated carbocycles. The highest BCUT2D eigenvalue weighted by molar-refractivity contribution is 5.51. The van der Waals surface area contributed by atoms with Crippen LogP contribution in [0.3, 0.4) is 0 Å². The van der Waals surface area contributed by atoms with Crippen molar-refractivity contribution < 1.29 is 14.4 Å². The highest BCUT2D eigenvalue weighted by Crippen LogP contribution is 2.35. The number of rotatable bonds is 4. The zero-order valence-corrected chi connectivity index (χ0v) is 10.8. The molecule has 0 amide bonds. The molecule has 0 aromatic heterocycles. The lowest BCUT2D eigenvalue weighted by Crippen LogP contribution is -2.23. The molecule has 1 fully saturated rings. The van der Waals surface area contributed by atoms with Gasteiger partial charge in [0.15, 0.2) is 5.75 Å². The fraction of sp³-hybridized carbons (Fsp3) is 0.538. The van der Waals surface area contributed by atoms with Crippen molar-refractivity contribution in [2.75, 3.05) is 0 Å². The first-order valence-corrected chi connectivity index (χ1v) is 5.99. The third kappa shape index (κ3) is 3.35. The van der Waals surface area contributed by atoms with Gasteiger partial charge in [-0.3, -0.25) is 10.1 Å². The molecule has 0 N–H and O–H groups in total. The minimum atomic E-state index is -0.469. The van der Waals surface area contributed by atoms with Crippen LogP contribution in [0.1, 0.15) is 33.6 Å². The van der Waals surface area contributed by atoms with E-state index in [1.807, 2.05) is 20.8 Å². The van der Waals surface area contributed by atoms with E-state index >= 15 is 0 Å². The molecule has 2 rings (SSSR count). The molecule has 1 aliphatic carbocycles. The van der Waals surface area contributed by atoms with Crippen LogP contribution in [0.5, 0.6) is 11.5 Å². The normalized spacial score (nSPS) is 15.3. The SMILES string of the molecule is CC(C)(C)Oc1ccc(OC2CC2)cc1[N+](=O)[O-]. The van der Waals surface area contributed by atoms with Crippen LogP contribution in [0.25, 0.3) is 0 Å². The minimum Gasteiger partial charge on any atom is -0.490 e. The molecular weight excluding hydrogens is 234 g/mol. The van der Waals surface area contributed by atoms with E-state index < -0.39 is 10.5 Å². The highest BCUT2D eigenvalue weighted by atomic mass is 16.6. The lowest BCUT2D eigenvalue weighted by atomic mass is 10.2. The van der Waals surface area contributed by atoms with Gasteiger partial charge in [-0.25, -0.2) is 0 Å². The van der Waals surface area contributed by atoms with E-state index in [1.54, 1.807) is 12.1 Å². The van der Waals surface area contributed by atoms with E-state index in [4.69, 9.17) is 9.47 Å². The van der Waals surface area contributed by atoms with Crippen LogP contribution in [0.2, 0.25) is 0 Å². The second-order valence-electron chi connectivity index (χ2n) is 5.42. The molecule has 98 valence electrons. The van der Waals surface area contributed by atoms with Gasteiger partial charge in [-0.15, -0.1) is 0 Å². The molecule has 1 aromatic rings. The Labute approximate surface area is 106 Å². The number of hydrogen-bond acceptors (Lipinski definition) is 4. The topological polar surface area (TPSA) is 61.6 Å². The molecular formula is C13H17NO4. The molecule has 0 saturated heterocycles. The highest BCUT2D eigenvalue weighted by Gasteiger charge is 2.26. The summed E-state index contributed by atoms with van der Waals surface area (Å²) in [7, 11) is 0. The maximum atomic E-state index is 11.0. The predicted octanol–water partition coefficient (Wildman–Crippen LogP) is 3.31. The van der Waals surface area contributed by atoms with Crippen LogP contribution in [0.4, 0.5) is 5.69 Å². The lowest BCUT2D eigenvalue weighted by Gasteiger charge is -2.21. The summed E-state index contributed by atoms with van der Waals surface area (Å²) >= 11 is 0. The predicted molar refractivity (Wildman–Crippen MR) is 67.1 cm³/mol. The summed E-state index contributed by atoms with van der Waals surface area (Å²) in [5.74, 6) is 0.807. The van der Waals surface area contributed by atoms with E-state index in [1.165, 1.54) is 6.07 Å². The first-order chi connectivity index (χ1) is 8.35. The molecule has 1 aromatic carbocycles. The molecule has 0 spiro atoms. The summed E-state index contributed by atoms with van der Waals surface area (Å²) in [6.07, 6.45) is 2.27. The second-order valence-corrected chi connectivity index (χ2v) is 5.42. The molecule has 0 heterocycles. The average Bonchev–Trinajstić information content (AvgIpc) is 3.01. The molecule has 0 bridgehead atoms. The van der Waals surface area contributed by atoms with Crippen molar-refractivity contribution in [3.63, 3.8) is 0 Å². The summed E-state index contributed by atoms with van der Waals surface area (Å²) in [4.78, 5) is 10.6. The van der Waals surface area contributed by atoms with Crippen molar-refractivity contribution >= 4 is 5.69 Å². The molecule has 0 atom stereocenters. The maximum absolute atomic E-state index is 11.0. The fourth-order valence-electron chi connectivity index (χ4n) is 1.51. The molecule has 5 heteroatoms. The Morgan fingerprint density at radius 2 is 2.00 bits per heavy atom. The van der Waals surface area contributed by atoms with Crippen molar-refractivity contribution in [3.8, 4) is 11.5 Å². The number of nitro benzene ring substituents is 1. The van der Waals surface area contributed by atoms with Gasteiger partial charge in [-0.2, -0.15) is 0 Å². The van der Waals surface area contributed by atoms with E-state index in [0.29, 0.717) is 5.75 Å². The van der Waals surface area contributed by atoms with Crippen LogP contribution in [0.15, 0.2) is 18.2 Å². The van der Waals surface area contributed by atoms with Crippen molar-refractivity contribution in [3.05, 3.63) is 28.3 Å². The Morgan fingerprint density at radius 1 is 1.33 bits per heavy atom. The van der Waals surface area contributed by atoms with Crippen LogP contribution in [-0.4, -0.2) is 16.6 Å². The van der Waals surface area contributed by atoms with Gasteiger partial charge in [0.2, 0.25) is 0 Å². The first kappa shape index (κ1) is 12.7. The monoisotopic (exact) mass is 251 g/mol. The largest absolute Gasteiger partial charge is 0.490 e. The fourth-order valence-corrected chi connectivity index (χ4v) is 1.51. The Hall–Kier alpha value is -1.78. The molecule has 18 heavy (non-hydrogen) atoms. The van der Waals surface area contributed by atoms with Crippen molar-refractivity contribution in [2.24, 2.45) is 0 Å². The summed E-state index contributed by atoms with van der Waals surface area (Å²) < 4.78 is 11.1. The number of ether oxygens (including phenoxy) is 2. The molecule has 5 nitrogen and oxygen atoms in total. The maximum Gasteiger partial charge on any atom is 0.314 e. The van der Waals surface area contributed by atoms with Gasteiger partial charge in [-0.05, 0) is 45.7 Å². The molecule has 0 radical (unpaired) electrons. The summed E-state index contributed by atoms with van der Waals surface area (Å²) in [5, 5.41) is 11.0. The number of benzene rings is 1. The van der Waals surface area contributed by atoms with Crippen LogP contribution < -0.4 is 9.47 Å². The lowest BCUT2D eigenvalue weighted by molar-refractivity contribution is -0.386. The standard InChI is InChI=1S/C13H17NO4/c1-13(2,3)18-12-7-6-10(17-9-4-5-9)8-11(12)14(15)16/h6-9H,4-5H2,1-3H3. The van der Waals surface area contributed by atoms with Gasteiger partial charge < -0.3 is 9.47 Å². The molecule has 0 unspecified atom stereocenters. The third-order valence-electron chi connectivity index (χ3n) is 2.37. The average molecular weight is 251 g/mol. The number of nitro groups is 1. The van der Waals surface area contributed by atoms with Gasteiger partial charge in [0.1, 0.15) is 11.4 Å². The number of hydrogen-bond donors (Lipinski definition) is 0. The van der Waals surface area contributed by atoms with Crippen LogP contribution in [0, 0.1) is 10.1 Å². The quantitative estimate of drug-likeness (QED) is 0.608. The van der Waals surface area contributed by atoms with E-state index in [0.717, 1.165) is 12.8 Å². The van der Waals surface area contributed by atoms with E-state index in [9.17, 15) is 10.1 Å². The summed E-state index contributed by atoms with van der Waals surface area (Å²) in [6, 6.07) is 4.74. The zero-order valence-electron chi connectivity index (χ0n) is 10.8. The second kappa shape index (κ2) is 4.48. The Balaban J connectivity index is 2.25. The Morgan fingerprint density at radius 3 is 2.50 bits per heavy atom. The summed E-state index contributed by atoms with van der Waals surface area (Å²) in [5.41, 5.74) is -0.521. The first-order valence-electron chi connectivity index (χ1n) is 5.99. The van der Waals surface area contributed by atoms with Crippen molar-refractivity contribution in [1.29, 1.82) is 0 Å². The van der Waals surface area contributed by atoms with Crippen molar-refractivity contribution in [1.82, 2.24) is 0 Å². The van der Waals surface area contributed by atoms with Gasteiger partial charge >= 0.3 is 5.69 Å². The number of nitrogens with zero attached hydrogens (tertiary/aromatic N) is 1. The Kier molecular flexibility index (Phi) is 3.15. The third-order valence-corrected chi connectivity index (χ3v) is 2.37. The van der Waals surface area contributed by atoms with Crippen molar-refractivity contribution in [2.45, 2.75) is 45.3 Å². The van der Waals surface area contributed by atoms with Gasteiger partial charge in [-0.1, -0.05) is 0 Å². The summed E-state index contributed by atoms with van der Waals surface area (Å²) in [6.45, 7) is 5.56. The minimum absolute atomic E-state index is 0.0527. The van der Waals surface area contributed by atoms with E-state index in [2.05, 4.69) is 0 Å². The van der Waals surface area contributed by atoms with Gasteiger partial charge in [0.05, 0.1) is 17.1 Å². The van der Waals surface area contributed by atoms with Gasteiger partial charge in [0.25, 0.3) is 0 Å². The van der Waals surface area contributed by atoms with Crippen LogP contribution in [-0.2, 0) is 0 Å². The zero-order chi connectivity index (χ0) is 13.3. The Bertz CT molecular complexity index is 461. The smallest absolute Gasteiger partial charge is 0.314 e.